The van der Waals surface area contributed by atoms with Gasteiger partial charge in [-0.3, -0.25) is 9.59 Å². The number of carbonyl (C=O) groups excluding carboxylic acids is 2. The highest BCUT2D eigenvalue weighted by Gasteiger charge is 2.27. The second-order valence-electron chi connectivity index (χ2n) is 5.84. The van der Waals surface area contributed by atoms with Crippen LogP contribution in [0.5, 0.6) is 0 Å². The van der Waals surface area contributed by atoms with Gasteiger partial charge in [-0.15, -0.1) is 0 Å². The number of rotatable bonds is 2. The van der Waals surface area contributed by atoms with Gasteiger partial charge in [0.2, 0.25) is 0 Å². The Kier molecular flexibility index (Phi) is 5.44. The fourth-order valence-electron chi connectivity index (χ4n) is 2.76. The zero-order chi connectivity index (χ0) is 18.8. The lowest BCUT2D eigenvalue weighted by Gasteiger charge is -2.35. The third kappa shape index (κ3) is 3.81. The molecule has 0 aromatic heterocycles. The highest BCUT2D eigenvalue weighted by molar-refractivity contribution is 6.31. The average Bonchev–Trinajstić information content (AvgIpc) is 2.63. The van der Waals surface area contributed by atoms with Crippen LogP contribution in [0.2, 0.25) is 10.0 Å². The van der Waals surface area contributed by atoms with E-state index in [1.807, 2.05) is 0 Å². The van der Waals surface area contributed by atoms with E-state index in [0.717, 1.165) is 12.1 Å². The van der Waals surface area contributed by atoms with Crippen LogP contribution in [0.1, 0.15) is 20.7 Å². The van der Waals surface area contributed by atoms with Gasteiger partial charge in [0, 0.05) is 36.8 Å². The summed E-state index contributed by atoms with van der Waals surface area (Å²) in [5.41, 5.74) is 0.129. The summed E-state index contributed by atoms with van der Waals surface area (Å²) >= 11 is 11.3. The summed E-state index contributed by atoms with van der Waals surface area (Å²) in [6, 6.07) is 7.75. The molecule has 0 unspecified atom stereocenters. The van der Waals surface area contributed by atoms with E-state index < -0.39 is 17.5 Å². The third-order valence-electron chi connectivity index (χ3n) is 4.18. The molecule has 0 spiro atoms. The number of hydrogen-bond acceptors (Lipinski definition) is 2. The standard InChI is InChI=1S/C18H14Cl2F2N2O2/c19-12-2-3-13(15(21)10-12)18(26)24-7-5-23(6-8-24)17(25)11-1-4-14(20)16(22)9-11/h1-4,9-10H,5-8H2. The van der Waals surface area contributed by atoms with Gasteiger partial charge in [-0.1, -0.05) is 23.2 Å². The number of carbonyl (C=O) groups is 2. The molecule has 1 aliphatic rings. The quantitative estimate of drug-likeness (QED) is 0.770. The molecule has 1 heterocycles. The minimum absolute atomic E-state index is 0.0537. The van der Waals surface area contributed by atoms with Crippen molar-refractivity contribution in [1.82, 2.24) is 9.80 Å². The van der Waals surface area contributed by atoms with Crippen molar-refractivity contribution in [3.05, 3.63) is 69.2 Å². The summed E-state index contributed by atoms with van der Waals surface area (Å²) in [6.07, 6.45) is 0. The molecule has 1 aliphatic heterocycles. The van der Waals surface area contributed by atoms with E-state index in [-0.39, 0.29) is 53.3 Å². The van der Waals surface area contributed by atoms with Crippen LogP contribution in [-0.4, -0.2) is 47.8 Å². The van der Waals surface area contributed by atoms with Crippen LogP contribution in [0, 0.1) is 11.6 Å². The molecule has 0 N–H and O–H groups in total. The third-order valence-corrected chi connectivity index (χ3v) is 4.72. The Labute approximate surface area is 158 Å². The molecule has 2 aromatic carbocycles. The predicted octanol–water partition coefficient (Wildman–Crippen LogP) is 3.87. The molecule has 2 amide bonds. The number of amides is 2. The smallest absolute Gasteiger partial charge is 0.256 e. The lowest BCUT2D eigenvalue weighted by molar-refractivity contribution is 0.0532. The number of benzene rings is 2. The number of nitrogens with zero attached hydrogens (tertiary/aromatic N) is 2. The van der Waals surface area contributed by atoms with E-state index in [9.17, 15) is 18.4 Å². The summed E-state index contributed by atoms with van der Waals surface area (Å²) in [6.45, 7) is 1.04. The van der Waals surface area contributed by atoms with E-state index in [0.29, 0.717) is 0 Å². The van der Waals surface area contributed by atoms with Gasteiger partial charge in [-0.2, -0.15) is 0 Å². The van der Waals surface area contributed by atoms with Gasteiger partial charge in [0.25, 0.3) is 11.8 Å². The molecule has 0 radical (unpaired) electrons. The summed E-state index contributed by atoms with van der Waals surface area (Å²) in [7, 11) is 0. The summed E-state index contributed by atoms with van der Waals surface area (Å²) < 4.78 is 27.4. The fourth-order valence-corrected chi connectivity index (χ4v) is 3.03. The van der Waals surface area contributed by atoms with Gasteiger partial charge in [0.05, 0.1) is 10.6 Å². The maximum Gasteiger partial charge on any atom is 0.256 e. The SMILES string of the molecule is O=C(c1ccc(Cl)c(F)c1)N1CCN(C(=O)c2ccc(Cl)cc2F)CC1. The molecule has 1 saturated heterocycles. The van der Waals surface area contributed by atoms with Gasteiger partial charge < -0.3 is 9.80 Å². The van der Waals surface area contributed by atoms with Crippen LogP contribution in [-0.2, 0) is 0 Å². The van der Waals surface area contributed by atoms with Crippen molar-refractivity contribution in [2.24, 2.45) is 0 Å². The monoisotopic (exact) mass is 398 g/mol. The topological polar surface area (TPSA) is 40.6 Å². The van der Waals surface area contributed by atoms with Crippen LogP contribution in [0.15, 0.2) is 36.4 Å². The maximum absolute atomic E-state index is 13.9. The molecule has 26 heavy (non-hydrogen) atoms. The highest BCUT2D eigenvalue weighted by atomic mass is 35.5. The molecule has 0 bridgehead atoms. The first kappa shape index (κ1) is 18.6. The Balaban J connectivity index is 1.66. The molecular weight excluding hydrogens is 385 g/mol. The van der Waals surface area contributed by atoms with Crippen molar-refractivity contribution < 1.29 is 18.4 Å². The average molecular weight is 399 g/mol. The Morgan fingerprint density at radius 2 is 1.42 bits per heavy atom. The molecule has 2 aromatic rings. The van der Waals surface area contributed by atoms with E-state index in [1.54, 1.807) is 0 Å². The molecule has 3 rings (SSSR count). The first-order valence-corrected chi connectivity index (χ1v) is 8.61. The fraction of sp³-hybridized carbons (Fsp3) is 0.222. The Bertz CT molecular complexity index is 868. The lowest BCUT2D eigenvalue weighted by Crippen LogP contribution is -2.50. The van der Waals surface area contributed by atoms with Gasteiger partial charge in [-0.25, -0.2) is 8.78 Å². The van der Waals surface area contributed by atoms with E-state index in [2.05, 4.69) is 0 Å². The van der Waals surface area contributed by atoms with Crippen molar-refractivity contribution >= 4 is 35.0 Å². The lowest BCUT2D eigenvalue weighted by atomic mass is 10.1. The minimum Gasteiger partial charge on any atom is -0.335 e. The maximum atomic E-state index is 13.9. The summed E-state index contributed by atoms with van der Waals surface area (Å²) in [5.74, 6) is -2.14. The van der Waals surface area contributed by atoms with Gasteiger partial charge in [0.15, 0.2) is 0 Å². The van der Waals surface area contributed by atoms with Crippen LogP contribution < -0.4 is 0 Å². The minimum atomic E-state index is -0.683. The highest BCUT2D eigenvalue weighted by Crippen LogP contribution is 2.19. The molecule has 0 aliphatic carbocycles. The molecular formula is C18H14Cl2F2N2O2. The van der Waals surface area contributed by atoms with Gasteiger partial charge in [0.1, 0.15) is 11.6 Å². The first-order valence-electron chi connectivity index (χ1n) is 7.85. The van der Waals surface area contributed by atoms with Crippen LogP contribution in [0.25, 0.3) is 0 Å². The van der Waals surface area contributed by atoms with Crippen LogP contribution >= 0.6 is 23.2 Å². The molecule has 0 saturated carbocycles. The van der Waals surface area contributed by atoms with Crippen LogP contribution in [0.3, 0.4) is 0 Å². The molecule has 0 atom stereocenters. The van der Waals surface area contributed by atoms with E-state index in [1.165, 1.54) is 34.1 Å². The number of piperazine rings is 1. The largest absolute Gasteiger partial charge is 0.335 e. The van der Waals surface area contributed by atoms with Gasteiger partial charge in [-0.05, 0) is 36.4 Å². The van der Waals surface area contributed by atoms with Crippen LogP contribution in [0.4, 0.5) is 8.78 Å². The number of hydrogen-bond donors (Lipinski definition) is 0. The van der Waals surface area contributed by atoms with Crippen molar-refractivity contribution in [1.29, 1.82) is 0 Å². The van der Waals surface area contributed by atoms with E-state index in [4.69, 9.17) is 23.2 Å². The summed E-state index contributed by atoms with van der Waals surface area (Å²) in [4.78, 5) is 27.9. The van der Waals surface area contributed by atoms with Crippen molar-refractivity contribution in [2.75, 3.05) is 26.2 Å². The molecule has 4 nitrogen and oxygen atoms in total. The first-order chi connectivity index (χ1) is 12.4. The second-order valence-corrected chi connectivity index (χ2v) is 6.68. The molecule has 136 valence electrons. The second kappa shape index (κ2) is 7.60. The van der Waals surface area contributed by atoms with Crippen molar-refractivity contribution in [3.8, 4) is 0 Å². The van der Waals surface area contributed by atoms with Crippen molar-refractivity contribution in [3.63, 3.8) is 0 Å². The molecule has 8 heteroatoms. The Morgan fingerprint density at radius 3 is 2.00 bits per heavy atom. The zero-order valence-corrected chi connectivity index (χ0v) is 15.0. The predicted molar refractivity (Wildman–Crippen MR) is 94.6 cm³/mol. The Hall–Kier alpha value is -2.18. The van der Waals surface area contributed by atoms with E-state index >= 15 is 0 Å². The molecule has 1 fully saturated rings. The number of halogens is 4. The normalized spacial score (nSPS) is 14.5. The van der Waals surface area contributed by atoms with Crippen molar-refractivity contribution in [2.45, 2.75) is 0 Å². The van der Waals surface area contributed by atoms with Gasteiger partial charge >= 0.3 is 0 Å². The zero-order valence-electron chi connectivity index (χ0n) is 13.5. The Morgan fingerprint density at radius 1 is 0.808 bits per heavy atom. The summed E-state index contributed by atoms with van der Waals surface area (Å²) in [5, 5.41) is 0.159.